The molecule has 1 amide bonds. The van der Waals surface area contributed by atoms with Gasteiger partial charge >= 0.3 is 12.1 Å². The minimum Gasteiger partial charge on any atom is -0.508 e. The second-order valence-corrected chi connectivity index (χ2v) is 8.23. The summed E-state index contributed by atoms with van der Waals surface area (Å²) < 4.78 is 4.70. The van der Waals surface area contributed by atoms with Crippen LogP contribution < -0.4 is 0 Å². The molecule has 0 radical (unpaired) electrons. The number of aromatic hydroxyl groups is 1. The van der Waals surface area contributed by atoms with E-state index in [0.29, 0.717) is 13.1 Å². The van der Waals surface area contributed by atoms with Crippen LogP contribution in [0.4, 0.5) is 4.79 Å². The van der Waals surface area contributed by atoms with Gasteiger partial charge in [-0.05, 0) is 39.0 Å². The molecule has 0 spiro atoms. The van der Waals surface area contributed by atoms with Crippen LogP contribution in [0.5, 0.6) is 5.75 Å². The highest BCUT2D eigenvalue weighted by Crippen LogP contribution is 2.43. The number of nitrogens with zero attached hydrogens (tertiary/aromatic N) is 1. The Hall–Kier alpha value is -1.89. The largest absolute Gasteiger partial charge is 0.508 e. The first-order valence-corrected chi connectivity index (χ1v) is 8.08. The van der Waals surface area contributed by atoms with E-state index in [1.54, 1.807) is 39.0 Å². The van der Waals surface area contributed by atoms with Crippen molar-refractivity contribution < 1.29 is 24.5 Å². The van der Waals surface area contributed by atoms with Gasteiger partial charge in [-0.15, -0.1) is 11.8 Å². The van der Waals surface area contributed by atoms with Crippen molar-refractivity contribution in [3.05, 3.63) is 24.3 Å². The Labute approximate surface area is 139 Å². The lowest BCUT2D eigenvalue weighted by atomic mass is 9.95. The van der Waals surface area contributed by atoms with Crippen molar-refractivity contribution in [2.45, 2.75) is 42.4 Å². The zero-order valence-electron chi connectivity index (χ0n) is 13.4. The molecule has 1 aromatic rings. The predicted molar refractivity (Wildman–Crippen MR) is 86.8 cm³/mol. The molecule has 1 aliphatic rings. The van der Waals surface area contributed by atoms with Gasteiger partial charge in [-0.1, -0.05) is 6.07 Å². The Bertz CT molecular complexity index is 605. The summed E-state index contributed by atoms with van der Waals surface area (Å²) in [7, 11) is 0. The van der Waals surface area contributed by atoms with Crippen LogP contribution in [-0.2, 0) is 9.53 Å². The van der Waals surface area contributed by atoms with Crippen molar-refractivity contribution in [2.24, 2.45) is 0 Å². The van der Waals surface area contributed by atoms with Crippen LogP contribution in [-0.4, -0.2) is 50.6 Å². The van der Waals surface area contributed by atoms with E-state index >= 15 is 0 Å². The normalized spacial score (nSPS) is 16.6. The van der Waals surface area contributed by atoms with Crippen LogP contribution in [0.25, 0.3) is 0 Å². The number of carbonyl (C=O) groups excluding carboxylic acids is 1. The van der Waals surface area contributed by atoms with E-state index in [9.17, 15) is 14.7 Å². The number of hydrogen-bond donors (Lipinski definition) is 2. The summed E-state index contributed by atoms with van der Waals surface area (Å²) in [6, 6.07) is 6.66. The van der Waals surface area contributed by atoms with Crippen molar-refractivity contribution in [1.29, 1.82) is 0 Å². The molecule has 1 saturated heterocycles. The number of carboxylic acids is 1. The Balaban J connectivity index is 2.06. The zero-order chi connectivity index (χ0) is 17.3. The van der Waals surface area contributed by atoms with Crippen LogP contribution >= 0.6 is 11.8 Å². The van der Waals surface area contributed by atoms with Gasteiger partial charge in [-0.3, -0.25) is 4.79 Å². The van der Waals surface area contributed by atoms with E-state index in [1.165, 1.54) is 16.7 Å². The maximum Gasteiger partial charge on any atom is 0.410 e. The summed E-state index contributed by atoms with van der Waals surface area (Å²) in [4.78, 5) is 25.5. The molecule has 0 bridgehead atoms. The molecule has 126 valence electrons. The summed E-state index contributed by atoms with van der Waals surface area (Å²) in [5, 5.41) is 18.7. The summed E-state index contributed by atoms with van der Waals surface area (Å²) in [6.45, 7) is 5.97. The number of thioether (sulfide) groups is 1. The van der Waals surface area contributed by atoms with Crippen molar-refractivity contribution in [3.8, 4) is 5.75 Å². The molecule has 1 aliphatic heterocycles. The highest BCUT2D eigenvalue weighted by molar-refractivity contribution is 8.00. The lowest BCUT2D eigenvalue weighted by Crippen LogP contribution is -2.62. The summed E-state index contributed by atoms with van der Waals surface area (Å²) in [6.07, 6.45) is -0.498. The SMILES string of the molecule is CC(C)(C)OC(=O)N1CC(CC(=O)O)(Sc2cccc(O)c2)C1. The number of hydrogen-bond acceptors (Lipinski definition) is 5. The molecule has 1 aromatic carbocycles. The molecule has 0 aliphatic carbocycles. The van der Waals surface area contributed by atoms with Crippen LogP contribution in [0.1, 0.15) is 27.2 Å². The molecule has 6 nitrogen and oxygen atoms in total. The topological polar surface area (TPSA) is 87.1 Å². The Kier molecular flexibility index (Phi) is 4.79. The maximum atomic E-state index is 12.0. The number of benzene rings is 1. The van der Waals surface area contributed by atoms with Gasteiger partial charge in [0.2, 0.25) is 0 Å². The number of phenols is 1. The second kappa shape index (κ2) is 6.31. The average molecular weight is 339 g/mol. The smallest absolute Gasteiger partial charge is 0.410 e. The predicted octanol–water partition coefficient (Wildman–Crippen LogP) is 2.95. The Morgan fingerprint density at radius 2 is 2.00 bits per heavy atom. The van der Waals surface area contributed by atoms with Gasteiger partial charge in [-0.25, -0.2) is 4.79 Å². The minimum absolute atomic E-state index is 0.0629. The quantitative estimate of drug-likeness (QED) is 0.877. The standard InChI is InChI=1S/C16H21NO5S/c1-15(2,3)22-14(21)17-9-16(10-17,8-13(19)20)23-12-6-4-5-11(18)7-12/h4-7,18H,8-10H2,1-3H3,(H,19,20). The van der Waals surface area contributed by atoms with Gasteiger partial charge in [0.25, 0.3) is 0 Å². The lowest BCUT2D eigenvalue weighted by molar-refractivity contribution is -0.138. The van der Waals surface area contributed by atoms with Crippen molar-refractivity contribution in [1.82, 2.24) is 4.90 Å². The Morgan fingerprint density at radius 1 is 1.35 bits per heavy atom. The van der Waals surface area contributed by atoms with Gasteiger partial charge in [0, 0.05) is 18.0 Å². The van der Waals surface area contributed by atoms with Gasteiger partial charge in [-0.2, -0.15) is 0 Å². The van der Waals surface area contributed by atoms with Crippen LogP contribution in [0.3, 0.4) is 0 Å². The monoisotopic (exact) mass is 339 g/mol. The molecular formula is C16H21NO5S. The number of rotatable bonds is 4. The Morgan fingerprint density at radius 3 is 2.52 bits per heavy atom. The van der Waals surface area contributed by atoms with Gasteiger partial charge in [0.15, 0.2) is 0 Å². The molecule has 0 aromatic heterocycles. The van der Waals surface area contributed by atoms with Crippen molar-refractivity contribution in [2.75, 3.05) is 13.1 Å². The van der Waals surface area contributed by atoms with Gasteiger partial charge < -0.3 is 19.8 Å². The lowest BCUT2D eigenvalue weighted by Gasteiger charge is -2.48. The fraction of sp³-hybridized carbons (Fsp3) is 0.500. The number of likely N-dealkylation sites (tertiary alicyclic amines) is 1. The van der Waals surface area contributed by atoms with Crippen LogP contribution in [0, 0.1) is 0 Å². The molecule has 2 rings (SSSR count). The number of amides is 1. The van der Waals surface area contributed by atoms with Gasteiger partial charge in [0.05, 0.1) is 11.2 Å². The minimum atomic E-state index is -0.915. The molecule has 0 saturated carbocycles. The molecule has 0 unspecified atom stereocenters. The third kappa shape index (κ3) is 4.79. The van der Waals surface area contributed by atoms with Crippen LogP contribution in [0.15, 0.2) is 29.2 Å². The van der Waals surface area contributed by atoms with E-state index in [2.05, 4.69) is 0 Å². The second-order valence-electron chi connectivity index (χ2n) is 6.69. The van der Waals surface area contributed by atoms with Gasteiger partial charge in [0.1, 0.15) is 11.4 Å². The van der Waals surface area contributed by atoms with E-state index in [0.717, 1.165) is 4.90 Å². The highest BCUT2D eigenvalue weighted by atomic mass is 32.2. The van der Waals surface area contributed by atoms with E-state index in [-0.39, 0.29) is 12.2 Å². The third-order valence-electron chi connectivity index (χ3n) is 3.24. The molecule has 7 heteroatoms. The van der Waals surface area contributed by atoms with E-state index < -0.39 is 22.4 Å². The maximum absolute atomic E-state index is 12.0. The first-order valence-electron chi connectivity index (χ1n) is 7.26. The summed E-state index contributed by atoms with van der Waals surface area (Å²) in [5.74, 6) is -0.787. The molecule has 1 fully saturated rings. The fourth-order valence-electron chi connectivity index (χ4n) is 2.39. The zero-order valence-corrected chi connectivity index (χ0v) is 14.2. The fourth-order valence-corrected chi connectivity index (χ4v) is 3.85. The molecule has 1 heterocycles. The van der Waals surface area contributed by atoms with Crippen LogP contribution in [0.2, 0.25) is 0 Å². The number of carbonyl (C=O) groups is 2. The number of ether oxygens (including phenoxy) is 1. The molecule has 23 heavy (non-hydrogen) atoms. The van der Waals surface area contributed by atoms with E-state index in [1.807, 2.05) is 6.07 Å². The molecule has 2 N–H and O–H groups in total. The van der Waals surface area contributed by atoms with Crippen molar-refractivity contribution >= 4 is 23.8 Å². The first kappa shape index (κ1) is 17.5. The molecule has 0 atom stereocenters. The average Bonchev–Trinajstić information content (AvgIpc) is 2.32. The van der Waals surface area contributed by atoms with E-state index in [4.69, 9.17) is 9.84 Å². The number of aliphatic carboxylic acids is 1. The molecular weight excluding hydrogens is 318 g/mol. The highest BCUT2D eigenvalue weighted by Gasteiger charge is 2.48. The number of carboxylic acid groups (broad SMARTS) is 1. The summed E-state index contributed by atoms with van der Waals surface area (Å²) >= 11 is 1.37. The van der Waals surface area contributed by atoms with Crippen molar-refractivity contribution in [3.63, 3.8) is 0 Å². The first-order chi connectivity index (χ1) is 10.6. The summed E-state index contributed by atoms with van der Waals surface area (Å²) in [5.41, 5.74) is -0.583. The number of phenolic OH excluding ortho intramolecular Hbond substituents is 1. The third-order valence-corrected chi connectivity index (χ3v) is 4.56.